The van der Waals surface area contributed by atoms with Crippen molar-refractivity contribution in [2.24, 2.45) is 5.41 Å². The Morgan fingerprint density at radius 2 is 1.92 bits per heavy atom. The lowest BCUT2D eigenvalue weighted by atomic mass is 9.80. The summed E-state index contributed by atoms with van der Waals surface area (Å²) in [7, 11) is 0. The lowest BCUT2D eigenvalue weighted by Crippen LogP contribution is -2.50. The van der Waals surface area contributed by atoms with Gasteiger partial charge >= 0.3 is 0 Å². The van der Waals surface area contributed by atoms with Gasteiger partial charge in [-0.25, -0.2) is 0 Å². The van der Waals surface area contributed by atoms with Crippen molar-refractivity contribution in [2.75, 3.05) is 39.4 Å². The van der Waals surface area contributed by atoms with Crippen LogP contribution in [-0.4, -0.2) is 59.2 Å². The maximum Gasteiger partial charge on any atom is 0.0593 e. The molecule has 0 radical (unpaired) electrons. The number of hydrogen-bond acceptors (Lipinski definition) is 5. The van der Waals surface area contributed by atoms with E-state index in [4.69, 9.17) is 4.74 Å². The van der Waals surface area contributed by atoms with Crippen molar-refractivity contribution in [3.8, 4) is 0 Å². The molecular formula is C21H28N4O. The number of piperidine rings is 1. The lowest BCUT2D eigenvalue weighted by molar-refractivity contribution is 0.00239. The topological polar surface area (TPSA) is 41.5 Å². The Labute approximate surface area is 156 Å². The minimum atomic E-state index is 0.228. The van der Waals surface area contributed by atoms with Crippen molar-refractivity contribution < 1.29 is 4.74 Å². The van der Waals surface area contributed by atoms with Crippen molar-refractivity contribution in [1.29, 1.82) is 0 Å². The summed E-state index contributed by atoms with van der Waals surface area (Å²) in [4.78, 5) is 13.9. The Balaban J connectivity index is 1.43. The summed E-state index contributed by atoms with van der Waals surface area (Å²) in [5.41, 5.74) is 2.67. The van der Waals surface area contributed by atoms with Crippen molar-refractivity contribution in [3.63, 3.8) is 0 Å². The summed E-state index contributed by atoms with van der Waals surface area (Å²) < 4.78 is 6.05. The summed E-state index contributed by atoms with van der Waals surface area (Å²) in [6, 6.07) is 10.4. The summed E-state index contributed by atoms with van der Waals surface area (Å²) >= 11 is 0. The molecule has 5 heteroatoms. The van der Waals surface area contributed by atoms with Crippen LogP contribution in [0.5, 0.6) is 0 Å². The molecule has 1 atom stereocenters. The zero-order valence-electron chi connectivity index (χ0n) is 15.4. The molecule has 138 valence electrons. The van der Waals surface area contributed by atoms with Crippen LogP contribution in [0.4, 0.5) is 0 Å². The smallest absolute Gasteiger partial charge is 0.0593 e. The first kappa shape index (κ1) is 17.6. The number of likely N-dealkylation sites (tertiary alicyclic amines) is 1. The molecule has 2 aromatic rings. The maximum absolute atomic E-state index is 6.05. The summed E-state index contributed by atoms with van der Waals surface area (Å²) in [5.74, 6) is 0. The standard InChI is InChI=1S/C21H28N4O/c1-2-9-23-20(6-1)15-25-11-12-26-18-21(17-25)7-4-10-24(16-21)14-19-5-3-8-22-13-19/h1-3,5-6,8-9,13H,4,7,10-12,14-18H2/t21-/m1/s1. The molecule has 0 saturated carbocycles. The van der Waals surface area contributed by atoms with Crippen molar-refractivity contribution in [3.05, 3.63) is 60.2 Å². The minimum Gasteiger partial charge on any atom is -0.379 e. The maximum atomic E-state index is 6.05. The van der Waals surface area contributed by atoms with Crippen LogP contribution < -0.4 is 0 Å². The van der Waals surface area contributed by atoms with E-state index in [1.807, 2.05) is 30.7 Å². The van der Waals surface area contributed by atoms with Gasteiger partial charge in [0.15, 0.2) is 0 Å². The lowest BCUT2D eigenvalue weighted by Gasteiger charge is -2.43. The normalized spacial score (nSPS) is 25.2. The molecule has 0 bridgehead atoms. The second-order valence-corrected chi connectivity index (χ2v) is 7.76. The van der Waals surface area contributed by atoms with Gasteiger partial charge in [0.05, 0.1) is 18.9 Å². The number of pyridine rings is 2. The highest BCUT2D eigenvalue weighted by atomic mass is 16.5. The second-order valence-electron chi connectivity index (χ2n) is 7.76. The predicted molar refractivity (Wildman–Crippen MR) is 102 cm³/mol. The molecule has 1 spiro atoms. The Hall–Kier alpha value is -1.82. The summed E-state index contributed by atoms with van der Waals surface area (Å²) in [5, 5.41) is 0. The largest absolute Gasteiger partial charge is 0.379 e. The van der Waals surface area contributed by atoms with Gasteiger partial charge in [-0.2, -0.15) is 0 Å². The van der Waals surface area contributed by atoms with Crippen LogP contribution in [0.3, 0.4) is 0 Å². The average Bonchev–Trinajstić information content (AvgIpc) is 2.85. The van der Waals surface area contributed by atoms with Crippen molar-refractivity contribution in [1.82, 2.24) is 19.8 Å². The molecule has 0 N–H and O–H groups in total. The van der Waals surface area contributed by atoms with Gasteiger partial charge in [0.1, 0.15) is 0 Å². The van der Waals surface area contributed by atoms with Gasteiger partial charge in [0, 0.05) is 56.7 Å². The van der Waals surface area contributed by atoms with Crippen LogP contribution >= 0.6 is 0 Å². The highest BCUT2D eigenvalue weighted by molar-refractivity contribution is 5.09. The molecular weight excluding hydrogens is 324 g/mol. The highest BCUT2D eigenvalue weighted by Gasteiger charge is 2.38. The fourth-order valence-corrected chi connectivity index (χ4v) is 4.38. The third kappa shape index (κ3) is 4.47. The number of rotatable bonds is 4. The molecule has 4 heterocycles. The number of ether oxygens (including phenoxy) is 1. The summed E-state index contributed by atoms with van der Waals surface area (Å²) in [6.45, 7) is 7.92. The Morgan fingerprint density at radius 1 is 1.00 bits per heavy atom. The highest BCUT2D eigenvalue weighted by Crippen LogP contribution is 2.34. The van der Waals surface area contributed by atoms with E-state index >= 15 is 0 Å². The van der Waals surface area contributed by atoms with Gasteiger partial charge in [-0.05, 0) is 43.1 Å². The van der Waals surface area contributed by atoms with Crippen LogP contribution in [0.15, 0.2) is 48.9 Å². The van der Waals surface area contributed by atoms with E-state index in [0.29, 0.717) is 0 Å². The monoisotopic (exact) mass is 352 g/mol. The molecule has 26 heavy (non-hydrogen) atoms. The number of hydrogen-bond donors (Lipinski definition) is 0. The van der Waals surface area contributed by atoms with Gasteiger partial charge in [0.25, 0.3) is 0 Å². The molecule has 2 aromatic heterocycles. The Kier molecular flexibility index (Phi) is 5.58. The van der Waals surface area contributed by atoms with Crippen LogP contribution in [0, 0.1) is 5.41 Å². The molecule has 2 saturated heterocycles. The van der Waals surface area contributed by atoms with E-state index in [-0.39, 0.29) is 5.41 Å². The first-order valence-corrected chi connectivity index (χ1v) is 9.63. The Bertz CT molecular complexity index is 681. The average molecular weight is 352 g/mol. The van der Waals surface area contributed by atoms with Gasteiger partial charge in [-0.3, -0.25) is 19.8 Å². The molecule has 0 amide bonds. The van der Waals surface area contributed by atoms with Crippen molar-refractivity contribution in [2.45, 2.75) is 25.9 Å². The predicted octanol–water partition coefficient (Wildman–Crippen LogP) is 2.59. The zero-order chi connectivity index (χ0) is 17.7. The van der Waals surface area contributed by atoms with Gasteiger partial charge in [-0.1, -0.05) is 12.1 Å². The molecule has 0 aromatic carbocycles. The van der Waals surface area contributed by atoms with Crippen LogP contribution in [0.25, 0.3) is 0 Å². The Morgan fingerprint density at radius 3 is 2.73 bits per heavy atom. The van der Waals surface area contributed by atoms with E-state index in [0.717, 1.165) is 58.2 Å². The molecule has 4 rings (SSSR count). The van der Waals surface area contributed by atoms with Gasteiger partial charge in [0.2, 0.25) is 0 Å². The first-order chi connectivity index (χ1) is 12.8. The molecule has 2 fully saturated rings. The zero-order valence-corrected chi connectivity index (χ0v) is 15.4. The van der Waals surface area contributed by atoms with Gasteiger partial charge < -0.3 is 4.74 Å². The van der Waals surface area contributed by atoms with Crippen molar-refractivity contribution >= 4 is 0 Å². The van der Waals surface area contributed by atoms with E-state index in [2.05, 4.69) is 38.0 Å². The van der Waals surface area contributed by atoms with E-state index < -0.39 is 0 Å². The van der Waals surface area contributed by atoms with Crippen LogP contribution in [0.1, 0.15) is 24.1 Å². The van der Waals surface area contributed by atoms with Gasteiger partial charge in [-0.15, -0.1) is 0 Å². The SMILES string of the molecule is c1ccc(CN2CCOC[C@@]3(CCCN(Cc4cccnc4)C3)C2)nc1. The molecule has 0 unspecified atom stereocenters. The fraction of sp³-hybridized carbons (Fsp3) is 0.524. The summed E-state index contributed by atoms with van der Waals surface area (Å²) in [6.07, 6.45) is 8.19. The van der Waals surface area contributed by atoms with E-state index in [9.17, 15) is 0 Å². The first-order valence-electron chi connectivity index (χ1n) is 9.63. The van der Waals surface area contributed by atoms with E-state index in [1.54, 1.807) is 0 Å². The number of nitrogens with zero attached hydrogens (tertiary/aromatic N) is 4. The third-order valence-electron chi connectivity index (χ3n) is 5.50. The second kappa shape index (κ2) is 8.25. The van der Waals surface area contributed by atoms with Crippen LogP contribution in [-0.2, 0) is 17.8 Å². The third-order valence-corrected chi connectivity index (χ3v) is 5.50. The molecule has 2 aliphatic heterocycles. The quantitative estimate of drug-likeness (QED) is 0.846. The minimum absolute atomic E-state index is 0.228. The fourth-order valence-electron chi connectivity index (χ4n) is 4.38. The van der Waals surface area contributed by atoms with E-state index in [1.165, 1.54) is 18.4 Å². The van der Waals surface area contributed by atoms with Crippen LogP contribution in [0.2, 0.25) is 0 Å². The molecule has 2 aliphatic rings. The molecule has 0 aliphatic carbocycles. The molecule has 5 nitrogen and oxygen atoms in total. The number of aromatic nitrogens is 2.